The van der Waals surface area contributed by atoms with Crippen molar-refractivity contribution in [3.63, 3.8) is 0 Å². The first-order chi connectivity index (χ1) is 18.3. The van der Waals surface area contributed by atoms with Crippen molar-refractivity contribution in [1.82, 2.24) is 24.3 Å². The van der Waals surface area contributed by atoms with Gasteiger partial charge in [-0.2, -0.15) is 5.10 Å². The summed E-state index contributed by atoms with van der Waals surface area (Å²) in [7, 11) is 5.66. The number of aromatic nitrogens is 5. The van der Waals surface area contributed by atoms with Crippen LogP contribution in [0.15, 0.2) is 55.2 Å². The number of hydrogen-bond donors (Lipinski definition) is 1. The average molecular weight is 518 g/mol. The number of rotatable bonds is 8. The second-order valence-electron chi connectivity index (χ2n) is 10.8. The molecule has 3 aromatic heterocycles. The summed E-state index contributed by atoms with van der Waals surface area (Å²) in [4.78, 5) is 11.5. The highest BCUT2D eigenvalue weighted by Crippen LogP contribution is 2.48. The first-order valence-corrected chi connectivity index (χ1v) is 13.0. The number of aryl methyl sites for hydroxylation is 1. The van der Waals surface area contributed by atoms with Crippen LogP contribution in [0.5, 0.6) is 5.75 Å². The van der Waals surface area contributed by atoms with E-state index in [2.05, 4.69) is 56.3 Å². The second kappa shape index (κ2) is 9.59. The van der Waals surface area contributed by atoms with Gasteiger partial charge in [0, 0.05) is 45.5 Å². The highest BCUT2D eigenvalue weighted by Gasteiger charge is 2.54. The summed E-state index contributed by atoms with van der Waals surface area (Å²) >= 11 is 0. The van der Waals surface area contributed by atoms with Gasteiger partial charge in [0.1, 0.15) is 29.6 Å². The van der Waals surface area contributed by atoms with E-state index in [4.69, 9.17) is 19.2 Å². The van der Waals surface area contributed by atoms with Crippen molar-refractivity contribution in [2.75, 3.05) is 30.9 Å². The third-order valence-corrected chi connectivity index (χ3v) is 7.61. The fourth-order valence-corrected chi connectivity index (χ4v) is 5.90. The fourth-order valence-electron chi connectivity index (χ4n) is 5.90. The van der Waals surface area contributed by atoms with Gasteiger partial charge in [0.15, 0.2) is 5.79 Å². The topological polar surface area (TPSA) is 91.5 Å². The molecule has 1 saturated heterocycles. The van der Waals surface area contributed by atoms with Gasteiger partial charge in [0.25, 0.3) is 0 Å². The number of benzene rings is 1. The number of nitrogens with zero attached hydrogens (tertiary/aromatic N) is 6. The molecule has 6 rings (SSSR count). The quantitative estimate of drug-likeness (QED) is 0.375. The van der Waals surface area contributed by atoms with Gasteiger partial charge in [-0.15, -0.1) is 0 Å². The average Bonchev–Trinajstić information content (AvgIpc) is 3.66. The minimum absolute atomic E-state index is 0.00400. The van der Waals surface area contributed by atoms with Crippen LogP contribution in [0.3, 0.4) is 0 Å². The zero-order valence-electron chi connectivity index (χ0n) is 22.5. The van der Waals surface area contributed by atoms with Gasteiger partial charge in [-0.3, -0.25) is 4.68 Å². The lowest BCUT2D eigenvalue weighted by atomic mass is 10.1. The van der Waals surface area contributed by atoms with Gasteiger partial charge >= 0.3 is 0 Å². The van der Waals surface area contributed by atoms with Crippen molar-refractivity contribution in [1.29, 1.82) is 0 Å². The van der Waals surface area contributed by atoms with Crippen LogP contribution in [0, 0.1) is 5.92 Å². The van der Waals surface area contributed by atoms with Crippen LogP contribution in [0.4, 0.5) is 11.5 Å². The van der Waals surface area contributed by atoms with Crippen LogP contribution < -0.4 is 15.0 Å². The fraction of sp³-hybridized carbons (Fsp3) is 0.464. The Hall–Kier alpha value is -3.63. The number of methoxy groups -OCH3 is 1. The van der Waals surface area contributed by atoms with Gasteiger partial charge in [0.2, 0.25) is 0 Å². The Morgan fingerprint density at radius 2 is 1.92 bits per heavy atom. The zero-order valence-corrected chi connectivity index (χ0v) is 22.5. The molecule has 0 amide bonds. The third kappa shape index (κ3) is 4.58. The SMILES string of the molecule is COc1ccc(CN(C)c2ncnc3c2ccn3[C@@H]2C[C@H](CNc3cnn(C)c3)[C@H]3OC(C)(C)O[C@H]32)cc1. The van der Waals surface area contributed by atoms with Crippen molar-refractivity contribution in [3.05, 3.63) is 60.8 Å². The monoisotopic (exact) mass is 517 g/mol. The molecule has 4 heterocycles. The molecule has 200 valence electrons. The van der Waals surface area contributed by atoms with Gasteiger partial charge in [-0.25, -0.2) is 9.97 Å². The molecule has 38 heavy (non-hydrogen) atoms. The molecule has 2 fully saturated rings. The van der Waals surface area contributed by atoms with E-state index < -0.39 is 5.79 Å². The molecule has 1 N–H and O–H groups in total. The molecule has 0 bridgehead atoms. The first-order valence-electron chi connectivity index (χ1n) is 13.0. The molecule has 4 aromatic rings. The molecular weight excluding hydrogens is 482 g/mol. The van der Waals surface area contributed by atoms with Crippen LogP contribution in [-0.2, 0) is 23.1 Å². The van der Waals surface area contributed by atoms with Crippen molar-refractivity contribution in [2.45, 2.75) is 50.8 Å². The maximum absolute atomic E-state index is 6.47. The maximum atomic E-state index is 6.47. The van der Waals surface area contributed by atoms with Gasteiger partial charge in [-0.1, -0.05) is 12.1 Å². The van der Waals surface area contributed by atoms with Crippen molar-refractivity contribution >= 4 is 22.5 Å². The molecule has 1 aliphatic carbocycles. The van der Waals surface area contributed by atoms with Gasteiger partial charge in [-0.05, 0) is 44.0 Å². The number of nitrogens with one attached hydrogen (secondary N) is 1. The highest BCUT2D eigenvalue weighted by atomic mass is 16.8. The summed E-state index contributed by atoms with van der Waals surface area (Å²) in [5, 5.41) is 8.83. The number of hydrogen-bond acceptors (Lipinski definition) is 8. The van der Waals surface area contributed by atoms with Crippen LogP contribution >= 0.6 is 0 Å². The molecule has 1 aromatic carbocycles. The third-order valence-electron chi connectivity index (χ3n) is 7.61. The first kappa shape index (κ1) is 24.7. The van der Waals surface area contributed by atoms with Crippen LogP contribution in [0.25, 0.3) is 11.0 Å². The van der Waals surface area contributed by atoms with E-state index in [9.17, 15) is 0 Å². The normalized spacial score (nSPS) is 24.0. The second-order valence-corrected chi connectivity index (χ2v) is 10.8. The Bertz CT molecular complexity index is 1410. The molecule has 10 heteroatoms. The Kier molecular flexibility index (Phi) is 6.23. The summed E-state index contributed by atoms with van der Waals surface area (Å²) in [6.45, 7) is 5.50. The Morgan fingerprint density at radius 1 is 1.13 bits per heavy atom. The van der Waals surface area contributed by atoms with E-state index in [0.29, 0.717) is 0 Å². The number of anilines is 2. The maximum Gasteiger partial charge on any atom is 0.163 e. The van der Waals surface area contributed by atoms with E-state index in [0.717, 1.165) is 47.8 Å². The highest BCUT2D eigenvalue weighted by molar-refractivity contribution is 5.87. The predicted octanol–water partition coefficient (Wildman–Crippen LogP) is 4.00. The largest absolute Gasteiger partial charge is 0.497 e. The number of fused-ring (bicyclic) bond motifs is 2. The van der Waals surface area contributed by atoms with Crippen molar-refractivity contribution in [2.24, 2.45) is 13.0 Å². The molecule has 1 aliphatic heterocycles. The van der Waals surface area contributed by atoms with E-state index >= 15 is 0 Å². The Balaban J connectivity index is 1.25. The standard InChI is InChI=1S/C28H35N7O3/c1-28(2)37-24-19(13-29-20-14-32-34(4)16-20)12-23(25(24)38-28)35-11-10-22-26(30-17-31-27(22)35)33(3)15-18-6-8-21(36-5)9-7-18/h6-11,14,16-17,19,23-25,29H,12-13,15H2,1-5H3/t19-,23-,24-,25+/m1/s1. The molecule has 4 atom stereocenters. The van der Waals surface area contributed by atoms with Crippen molar-refractivity contribution < 1.29 is 14.2 Å². The molecule has 0 unspecified atom stereocenters. The van der Waals surface area contributed by atoms with E-state index in [-0.39, 0.29) is 24.2 Å². The molecular formula is C28H35N7O3. The Labute approximate surface area is 222 Å². The van der Waals surface area contributed by atoms with Crippen LogP contribution in [-0.4, -0.2) is 63.0 Å². The summed E-state index contributed by atoms with van der Waals surface area (Å²) in [6.07, 6.45) is 8.47. The number of ether oxygens (including phenoxy) is 3. The lowest BCUT2D eigenvalue weighted by Crippen LogP contribution is -2.29. The van der Waals surface area contributed by atoms with Gasteiger partial charge in [0.05, 0.1) is 36.5 Å². The molecule has 10 nitrogen and oxygen atoms in total. The van der Waals surface area contributed by atoms with E-state index in [1.54, 1.807) is 18.1 Å². The van der Waals surface area contributed by atoms with Gasteiger partial charge < -0.3 is 29.0 Å². The van der Waals surface area contributed by atoms with E-state index in [1.807, 2.05) is 45.4 Å². The van der Waals surface area contributed by atoms with Crippen LogP contribution in [0.1, 0.15) is 31.9 Å². The van der Waals surface area contributed by atoms with E-state index in [1.165, 1.54) is 5.56 Å². The Morgan fingerprint density at radius 3 is 2.66 bits per heavy atom. The molecule has 1 saturated carbocycles. The zero-order chi connectivity index (χ0) is 26.4. The molecule has 2 aliphatic rings. The summed E-state index contributed by atoms with van der Waals surface area (Å²) in [5.74, 6) is 1.41. The lowest BCUT2D eigenvalue weighted by molar-refractivity contribution is -0.159. The van der Waals surface area contributed by atoms with Crippen LogP contribution in [0.2, 0.25) is 0 Å². The molecule has 0 spiro atoms. The minimum Gasteiger partial charge on any atom is -0.497 e. The predicted molar refractivity (Wildman–Crippen MR) is 145 cm³/mol. The smallest absolute Gasteiger partial charge is 0.163 e. The summed E-state index contributed by atoms with van der Waals surface area (Å²) in [6, 6.07) is 10.3. The summed E-state index contributed by atoms with van der Waals surface area (Å²) < 4.78 is 22.2. The van der Waals surface area contributed by atoms with Crippen molar-refractivity contribution in [3.8, 4) is 5.75 Å². The summed E-state index contributed by atoms with van der Waals surface area (Å²) in [5.41, 5.74) is 3.10. The lowest BCUT2D eigenvalue weighted by Gasteiger charge is -2.25. The minimum atomic E-state index is -0.623. The molecule has 0 radical (unpaired) electrons.